The van der Waals surface area contributed by atoms with Crippen LogP contribution in [0.3, 0.4) is 0 Å². The normalized spacial score (nSPS) is 20.9. The van der Waals surface area contributed by atoms with Crippen LogP contribution in [0.4, 0.5) is 13.2 Å². The second-order valence-corrected chi connectivity index (χ2v) is 4.65. The van der Waals surface area contributed by atoms with Crippen LogP contribution in [-0.2, 0) is 6.18 Å². The zero-order valence-corrected chi connectivity index (χ0v) is 10.5. The van der Waals surface area contributed by atoms with E-state index in [9.17, 15) is 13.2 Å². The van der Waals surface area contributed by atoms with E-state index >= 15 is 0 Å². The fourth-order valence-electron chi connectivity index (χ4n) is 2.22. The van der Waals surface area contributed by atoms with Crippen molar-refractivity contribution in [3.05, 3.63) is 35.4 Å². The summed E-state index contributed by atoms with van der Waals surface area (Å²) in [6, 6.07) is 5.34. The molecule has 6 heteroatoms. The average Bonchev–Trinajstić information content (AvgIpc) is 2.84. The molecule has 2 rings (SSSR count). The van der Waals surface area contributed by atoms with Crippen molar-refractivity contribution in [2.75, 3.05) is 19.7 Å². The van der Waals surface area contributed by atoms with Crippen LogP contribution in [0.15, 0.2) is 24.3 Å². The van der Waals surface area contributed by atoms with Gasteiger partial charge in [0.15, 0.2) is 0 Å². The third-order valence-electron chi connectivity index (χ3n) is 3.25. The molecule has 1 heterocycles. The second-order valence-electron chi connectivity index (χ2n) is 4.65. The van der Waals surface area contributed by atoms with E-state index in [0.29, 0.717) is 6.42 Å². The molecule has 106 valence electrons. The van der Waals surface area contributed by atoms with Gasteiger partial charge in [0.25, 0.3) is 0 Å². The molecule has 0 bridgehead atoms. The Morgan fingerprint density at radius 1 is 1.26 bits per heavy atom. The Hall–Kier alpha value is -1.11. The predicted molar refractivity (Wildman–Crippen MR) is 65.2 cm³/mol. The Morgan fingerprint density at radius 2 is 1.95 bits per heavy atom. The van der Waals surface area contributed by atoms with Gasteiger partial charge in [0.1, 0.15) is 0 Å². The maximum atomic E-state index is 12.5. The molecule has 1 atom stereocenters. The topological polar surface area (TPSA) is 35.5 Å². The first kappa shape index (κ1) is 14.3. The number of alkyl halides is 3. The average molecular weight is 274 g/mol. The molecule has 3 nitrogen and oxygen atoms in total. The monoisotopic (exact) mass is 274 g/mol. The van der Waals surface area contributed by atoms with Gasteiger partial charge in [-0.3, -0.25) is 0 Å². The summed E-state index contributed by atoms with van der Waals surface area (Å²) >= 11 is 0. The summed E-state index contributed by atoms with van der Waals surface area (Å²) in [5.41, 5.74) is 3.48. The molecule has 0 saturated carbocycles. The predicted octanol–water partition coefficient (Wildman–Crippen LogP) is 2.34. The van der Waals surface area contributed by atoms with Gasteiger partial charge in [-0.15, -0.1) is 0 Å². The maximum absolute atomic E-state index is 12.5. The largest absolute Gasteiger partial charge is 0.416 e. The van der Waals surface area contributed by atoms with Crippen LogP contribution in [0.2, 0.25) is 0 Å². The van der Waals surface area contributed by atoms with Crippen molar-refractivity contribution in [2.45, 2.75) is 25.1 Å². The van der Waals surface area contributed by atoms with Crippen molar-refractivity contribution < 1.29 is 18.3 Å². The number of nitrogens with one attached hydrogen (secondary N) is 1. The molecule has 19 heavy (non-hydrogen) atoms. The Bertz CT molecular complexity index is 405. The molecule has 0 radical (unpaired) electrons. The minimum Gasteiger partial charge on any atom is -0.396 e. The highest BCUT2D eigenvalue weighted by atomic mass is 19.4. The van der Waals surface area contributed by atoms with Crippen molar-refractivity contribution in [1.82, 2.24) is 10.4 Å². The molecule has 0 spiro atoms. The maximum Gasteiger partial charge on any atom is 0.416 e. The molecule has 0 amide bonds. The van der Waals surface area contributed by atoms with E-state index in [0.717, 1.165) is 37.2 Å². The van der Waals surface area contributed by atoms with E-state index in [1.165, 1.54) is 12.1 Å². The van der Waals surface area contributed by atoms with Gasteiger partial charge in [0, 0.05) is 25.7 Å². The van der Waals surface area contributed by atoms with Gasteiger partial charge < -0.3 is 5.11 Å². The summed E-state index contributed by atoms with van der Waals surface area (Å²) in [6.45, 7) is 1.72. The van der Waals surface area contributed by atoms with E-state index in [2.05, 4.69) is 5.43 Å². The zero-order chi connectivity index (χ0) is 13.9. The van der Waals surface area contributed by atoms with Gasteiger partial charge in [-0.25, -0.2) is 10.4 Å². The lowest BCUT2D eigenvalue weighted by Gasteiger charge is -2.17. The van der Waals surface area contributed by atoms with E-state index < -0.39 is 11.7 Å². The lowest BCUT2D eigenvalue weighted by molar-refractivity contribution is -0.137. The summed E-state index contributed by atoms with van der Waals surface area (Å²) in [4.78, 5) is 0. The Labute approximate surface area is 110 Å². The number of hydrogen-bond donors (Lipinski definition) is 2. The molecule has 0 aromatic heterocycles. The molecule has 2 N–H and O–H groups in total. The molecule has 1 aromatic carbocycles. The number of nitrogens with zero attached hydrogens (tertiary/aromatic N) is 1. The third kappa shape index (κ3) is 3.68. The minimum atomic E-state index is -4.28. The fourth-order valence-corrected chi connectivity index (χ4v) is 2.22. The van der Waals surface area contributed by atoms with Crippen LogP contribution in [-0.4, -0.2) is 29.8 Å². The molecule has 0 aliphatic carbocycles. The SMILES string of the molecule is OCCCN1CCC(c2ccc(C(F)(F)F)cc2)N1. The molecule has 1 fully saturated rings. The van der Waals surface area contributed by atoms with Crippen LogP contribution in [0.1, 0.15) is 30.0 Å². The lowest BCUT2D eigenvalue weighted by atomic mass is 10.0. The van der Waals surface area contributed by atoms with Crippen molar-refractivity contribution in [3.8, 4) is 0 Å². The van der Waals surface area contributed by atoms with Gasteiger partial charge in [-0.05, 0) is 30.5 Å². The lowest BCUT2D eigenvalue weighted by Crippen LogP contribution is -2.33. The summed E-state index contributed by atoms with van der Waals surface area (Å²) < 4.78 is 37.4. The van der Waals surface area contributed by atoms with Crippen molar-refractivity contribution in [1.29, 1.82) is 0 Å². The van der Waals surface area contributed by atoms with Crippen molar-refractivity contribution in [3.63, 3.8) is 0 Å². The highest BCUT2D eigenvalue weighted by molar-refractivity contribution is 5.27. The summed E-state index contributed by atoms with van der Waals surface area (Å²) in [5.74, 6) is 0. The minimum absolute atomic E-state index is 0.0565. The van der Waals surface area contributed by atoms with Crippen LogP contribution in [0, 0.1) is 0 Å². The van der Waals surface area contributed by atoms with Crippen molar-refractivity contribution in [2.24, 2.45) is 0 Å². The first-order valence-corrected chi connectivity index (χ1v) is 6.30. The van der Waals surface area contributed by atoms with Gasteiger partial charge in [-0.2, -0.15) is 13.2 Å². The first-order valence-electron chi connectivity index (χ1n) is 6.30. The van der Waals surface area contributed by atoms with E-state index in [-0.39, 0.29) is 12.6 Å². The zero-order valence-electron chi connectivity index (χ0n) is 10.5. The quantitative estimate of drug-likeness (QED) is 0.884. The molecule has 1 aliphatic rings. The second kappa shape index (κ2) is 5.90. The van der Waals surface area contributed by atoms with Crippen LogP contribution in [0.5, 0.6) is 0 Å². The smallest absolute Gasteiger partial charge is 0.396 e. The van der Waals surface area contributed by atoms with Gasteiger partial charge in [0.05, 0.1) is 5.56 Å². The van der Waals surface area contributed by atoms with Crippen molar-refractivity contribution >= 4 is 0 Å². The number of halogens is 3. The molecular formula is C13H17F3N2O. The molecular weight excluding hydrogens is 257 g/mol. The van der Waals surface area contributed by atoms with Gasteiger partial charge in [-0.1, -0.05) is 12.1 Å². The Morgan fingerprint density at radius 3 is 2.53 bits per heavy atom. The van der Waals surface area contributed by atoms with Crippen LogP contribution >= 0.6 is 0 Å². The number of benzene rings is 1. The van der Waals surface area contributed by atoms with E-state index in [4.69, 9.17) is 5.11 Å². The number of rotatable bonds is 4. The number of aliphatic hydroxyl groups excluding tert-OH is 1. The fraction of sp³-hybridized carbons (Fsp3) is 0.538. The third-order valence-corrected chi connectivity index (χ3v) is 3.25. The molecule has 1 saturated heterocycles. The first-order chi connectivity index (χ1) is 9.00. The number of aliphatic hydroxyl groups is 1. The number of hydrazine groups is 1. The molecule has 1 unspecified atom stereocenters. The van der Waals surface area contributed by atoms with E-state index in [1.54, 1.807) is 0 Å². The highest BCUT2D eigenvalue weighted by Crippen LogP contribution is 2.31. The molecule has 1 aliphatic heterocycles. The van der Waals surface area contributed by atoms with E-state index in [1.807, 2.05) is 5.01 Å². The summed E-state index contributed by atoms with van der Waals surface area (Å²) in [7, 11) is 0. The standard InChI is InChI=1S/C13H17F3N2O/c14-13(15,16)11-4-2-10(3-5-11)12-6-8-18(17-12)7-1-9-19/h2-5,12,17,19H,1,6-9H2. The Balaban J connectivity index is 1.96. The van der Waals surface area contributed by atoms with Crippen LogP contribution in [0.25, 0.3) is 0 Å². The summed E-state index contributed by atoms with van der Waals surface area (Å²) in [5, 5.41) is 10.8. The summed E-state index contributed by atoms with van der Waals surface area (Å²) in [6.07, 6.45) is -2.74. The van der Waals surface area contributed by atoms with Gasteiger partial charge in [0.2, 0.25) is 0 Å². The van der Waals surface area contributed by atoms with Gasteiger partial charge >= 0.3 is 6.18 Å². The highest BCUT2D eigenvalue weighted by Gasteiger charge is 2.30. The molecule has 1 aromatic rings. The number of hydrogen-bond acceptors (Lipinski definition) is 3. The van der Waals surface area contributed by atoms with Crippen LogP contribution < -0.4 is 5.43 Å². The Kier molecular flexibility index (Phi) is 4.44.